The van der Waals surface area contributed by atoms with Gasteiger partial charge in [0.2, 0.25) is 0 Å². The maximum Gasteiger partial charge on any atom is 0.151 e. The standard InChI is InChI=1S/C17H19N3O/c1-11(18)17(19)12(2)20-13-7-3-5-9-15(13)21-16-10-6-4-8-14(16)20/h3-11H,18-19H2,1-2H3/b17-12-/t11-/m1/s1. The van der Waals surface area contributed by atoms with Crippen molar-refractivity contribution in [1.82, 2.24) is 0 Å². The number of nitrogens with zero attached hydrogens (tertiary/aromatic N) is 1. The largest absolute Gasteiger partial charge is 0.453 e. The number of rotatable bonds is 2. The van der Waals surface area contributed by atoms with E-state index in [4.69, 9.17) is 16.2 Å². The molecule has 3 rings (SSSR count). The molecule has 0 spiro atoms. The quantitative estimate of drug-likeness (QED) is 0.884. The number of benzene rings is 2. The summed E-state index contributed by atoms with van der Waals surface area (Å²) in [5.74, 6) is 1.63. The van der Waals surface area contributed by atoms with Crippen LogP contribution in [0.15, 0.2) is 59.9 Å². The van der Waals surface area contributed by atoms with Crippen molar-refractivity contribution in [1.29, 1.82) is 0 Å². The fourth-order valence-electron chi connectivity index (χ4n) is 2.52. The molecule has 1 atom stereocenters. The summed E-state index contributed by atoms with van der Waals surface area (Å²) < 4.78 is 5.96. The van der Waals surface area contributed by atoms with Crippen molar-refractivity contribution in [2.24, 2.45) is 11.5 Å². The smallest absolute Gasteiger partial charge is 0.151 e. The Bertz CT molecular complexity index is 661. The second-order valence-corrected chi connectivity index (χ2v) is 5.20. The van der Waals surface area contributed by atoms with Crippen LogP contribution in [0.1, 0.15) is 13.8 Å². The van der Waals surface area contributed by atoms with E-state index < -0.39 is 0 Å². The number of hydrogen-bond acceptors (Lipinski definition) is 4. The number of anilines is 2. The Balaban J connectivity index is 2.22. The number of fused-ring (bicyclic) bond motifs is 2. The van der Waals surface area contributed by atoms with Crippen LogP contribution in [0, 0.1) is 0 Å². The van der Waals surface area contributed by atoms with Gasteiger partial charge in [-0.1, -0.05) is 24.3 Å². The van der Waals surface area contributed by atoms with E-state index in [1.165, 1.54) is 0 Å². The Morgan fingerprint density at radius 1 is 1.00 bits per heavy atom. The summed E-state index contributed by atoms with van der Waals surface area (Å²) >= 11 is 0. The van der Waals surface area contributed by atoms with E-state index in [2.05, 4.69) is 4.90 Å². The lowest BCUT2D eigenvalue weighted by molar-refractivity contribution is 0.475. The lowest BCUT2D eigenvalue weighted by Crippen LogP contribution is -2.30. The van der Waals surface area contributed by atoms with Crippen molar-refractivity contribution in [3.8, 4) is 11.5 Å². The number of nitrogens with two attached hydrogens (primary N) is 2. The van der Waals surface area contributed by atoms with E-state index in [9.17, 15) is 0 Å². The van der Waals surface area contributed by atoms with Gasteiger partial charge in [-0.25, -0.2) is 0 Å². The highest BCUT2D eigenvalue weighted by atomic mass is 16.5. The van der Waals surface area contributed by atoms with E-state index in [0.717, 1.165) is 28.6 Å². The molecule has 4 nitrogen and oxygen atoms in total. The Hall–Kier alpha value is -2.46. The Kier molecular flexibility index (Phi) is 3.31. The fourth-order valence-corrected chi connectivity index (χ4v) is 2.52. The van der Waals surface area contributed by atoms with E-state index in [-0.39, 0.29) is 6.04 Å². The van der Waals surface area contributed by atoms with E-state index >= 15 is 0 Å². The van der Waals surface area contributed by atoms with Crippen molar-refractivity contribution >= 4 is 11.4 Å². The van der Waals surface area contributed by atoms with Gasteiger partial charge in [-0.3, -0.25) is 0 Å². The van der Waals surface area contributed by atoms with Crippen LogP contribution in [0.3, 0.4) is 0 Å². The first-order valence-electron chi connectivity index (χ1n) is 6.97. The number of ether oxygens (including phenoxy) is 1. The van der Waals surface area contributed by atoms with Gasteiger partial charge < -0.3 is 21.1 Å². The van der Waals surface area contributed by atoms with Gasteiger partial charge >= 0.3 is 0 Å². The second-order valence-electron chi connectivity index (χ2n) is 5.20. The molecular weight excluding hydrogens is 262 g/mol. The summed E-state index contributed by atoms with van der Waals surface area (Å²) in [6, 6.07) is 15.6. The van der Waals surface area contributed by atoms with Gasteiger partial charge in [-0.2, -0.15) is 0 Å². The molecule has 2 aromatic carbocycles. The zero-order valence-electron chi connectivity index (χ0n) is 12.2. The SMILES string of the molecule is C/C(=C(/N)[C@@H](C)N)N1c2ccccc2Oc2ccccc21. The van der Waals surface area contributed by atoms with Gasteiger partial charge in [-0.15, -0.1) is 0 Å². The Morgan fingerprint density at radius 3 is 1.95 bits per heavy atom. The van der Waals surface area contributed by atoms with Gasteiger partial charge in [0.1, 0.15) is 0 Å². The first-order valence-corrected chi connectivity index (χ1v) is 6.97. The third kappa shape index (κ3) is 2.23. The third-order valence-corrected chi connectivity index (χ3v) is 3.68. The predicted octanol–water partition coefficient (Wildman–Crippen LogP) is 3.47. The van der Waals surface area contributed by atoms with Crippen LogP contribution in [0.25, 0.3) is 0 Å². The molecule has 0 saturated heterocycles. The van der Waals surface area contributed by atoms with Crippen molar-refractivity contribution in [2.45, 2.75) is 19.9 Å². The maximum absolute atomic E-state index is 6.18. The Morgan fingerprint density at radius 2 is 1.48 bits per heavy atom. The zero-order valence-corrected chi connectivity index (χ0v) is 12.2. The van der Waals surface area contributed by atoms with Gasteiger partial charge in [0.15, 0.2) is 11.5 Å². The van der Waals surface area contributed by atoms with Crippen LogP contribution in [0.4, 0.5) is 11.4 Å². The zero-order chi connectivity index (χ0) is 15.0. The van der Waals surface area contributed by atoms with Crippen LogP contribution in [0.2, 0.25) is 0 Å². The highest BCUT2D eigenvalue weighted by Gasteiger charge is 2.26. The van der Waals surface area contributed by atoms with Crippen LogP contribution in [-0.4, -0.2) is 6.04 Å². The van der Waals surface area contributed by atoms with Crippen LogP contribution >= 0.6 is 0 Å². The molecule has 4 N–H and O–H groups in total. The summed E-state index contributed by atoms with van der Waals surface area (Å²) in [6.07, 6.45) is 0. The number of allylic oxidation sites excluding steroid dienone is 1. The topological polar surface area (TPSA) is 64.5 Å². The summed E-state index contributed by atoms with van der Waals surface area (Å²) in [7, 11) is 0. The summed E-state index contributed by atoms with van der Waals surface area (Å²) in [5, 5.41) is 0. The molecule has 0 unspecified atom stereocenters. The monoisotopic (exact) mass is 281 g/mol. The highest BCUT2D eigenvalue weighted by molar-refractivity contribution is 5.81. The highest BCUT2D eigenvalue weighted by Crippen LogP contribution is 2.48. The molecule has 21 heavy (non-hydrogen) atoms. The van der Waals surface area contributed by atoms with Crippen LogP contribution < -0.4 is 21.1 Å². The molecule has 1 aliphatic rings. The van der Waals surface area contributed by atoms with Crippen molar-refractivity contribution in [3.05, 3.63) is 59.9 Å². The van der Waals surface area contributed by atoms with Gasteiger partial charge in [0.25, 0.3) is 0 Å². The minimum Gasteiger partial charge on any atom is -0.453 e. The summed E-state index contributed by atoms with van der Waals surface area (Å²) in [5.41, 5.74) is 15.7. The van der Waals surface area contributed by atoms with Crippen molar-refractivity contribution < 1.29 is 4.74 Å². The average Bonchev–Trinajstić information content (AvgIpc) is 2.51. The predicted molar refractivity (Wildman–Crippen MR) is 85.6 cm³/mol. The molecule has 0 amide bonds. The molecular formula is C17H19N3O. The number of para-hydroxylation sites is 4. The minimum atomic E-state index is -0.202. The van der Waals surface area contributed by atoms with Crippen molar-refractivity contribution in [2.75, 3.05) is 4.90 Å². The maximum atomic E-state index is 6.18. The number of hydrogen-bond donors (Lipinski definition) is 2. The molecule has 0 aliphatic carbocycles. The fraction of sp³-hybridized carbons (Fsp3) is 0.176. The Labute approximate surface area is 124 Å². The average molecular weight is 281 g/mol. The summed E-state index contributed by atoms with van der Waals surface area (Å²) in [4.78, 5) is 2.10. The van der Waals surface area contributed by atoms with Gasteiger partial charge in [-0.05, 0) is 38.1 Å². The minimum absolute atomic E-state index is 0.202. The first-order chi connectivity index (χ1) is 10.1. The summed E-state index contributed by atoms with van der Waals surface area (Å²) in [6.45, 7) is 3.87. The second kappa shape index (κ2) is 5.14. The normalized spacial score (nSPS) is 15.5. The molecule has 0 saturated carbocycles. The lowest BCUT2D eigenvalue weighted by atomic mass is 10.1. The molecule has 1 heterocycles. The molecule has 0 radical (unpaired) electrons. The third-order valence-electron chi connectivity index (χ3n) is 3.68. The molecule has 0 fully saturated rings. The van der Waals surface area contributed by atoms with Crippen molar-refractivity contribution in [3.63, 3.8) is 0 Å². The van der Waals surface area contributed by atoms with Crippen LogP contribution in [0.5, 0.6) is 11.5 Å². The van der Waals surface area contributed by atoms with E-state index in [1.807, 2.05) is 62.4 Å². The molecule has 2 aromatic rings. The van der Waals surface area contributed by atoms with E-state index in [1.54, 1.807) is 0 Å². The first kappa shape index (κ1) is 13.5. The molecule has 0 aromatic heterocycles. The van der Waals surface area contributed by atoms with Crippen LogP contribution in [-0.2, 0) is 0 Å². The van der Waals surface area contributed by atoms with Gasteiger partial charge in [0, 0.05) is 17.4 Å². The lowest BCUT2D eigenvalue weighted by Gasteiger charge is -2.34. The molecule has 0 bridgehead atoms. The molecule has 1 aliphatic heterocycles. The van der Waals surface area contributed by atoms with Gasteiger partial charge in [0.05, 0.1) is 11.4 Å². The molecule has 108 valence electrons. The van der Waals surface area contributed by atoms with E-state index in [0.29, 0.717) is 5.70 Å². The molecule has 4 heteroatoms.